The number of alkyl halides is 2. The second kappa shape index (κ2) is 4.38. The molecule has 1 aromatic heterocycles. The summed E-state index contributed by atoms with van der Waals surface area (Å²) in [5, 5.41) is 8.78. The van der Waals surface area contributed by atoms with Crippen LogP contribution in [-0.2, 0) is 4.74 Å². The first-order valence-corrected chi connectivity index (χ1v) is 4.93. The topological polar surface area (TPSA) is 90.4 Å². The summed E-state index contributed by atoms with van der Waals surface area (Å²) in [7, 11) is 0. The molecule has 0 bridgehead atoms. The molecule has 3 N–H and O–H groups in total. The summed E-state index contributed by atoms with van der Waals surface area (Å²) in [4.78, 5) is 14.8. The number of nitrogens with zero attached hydrogens (tertiary/aromatic N) is 2. The lowest BCUT2D eigenvalue weighted by molar-refractivity contribution is -0.0436. The van der Waals surface area contributed by atoms with E-state index in [9.17, 15) is 13.6 Å². The van der Waals surface area contributed by atoms with Gasteiger partial charge in [-0.3, -0.25) is 4.57 Å². The monoisotopic (exact) mass is 246 g/mol. The molecule has 1 aliphatic rings. The molecule has 1 saturated heterocycles. The maximum Gasteiger partial charge on any atom is 0.351 e. The van der Waals surface area contributed by atoms with Crippen LogP contribution in [0, 0.1) is 0 Å². The summed E-state index contributed by atoms with van der Waals surface area (Å²) < 4.78 is 32.6. The van der Waals surface area contributed by atoms with Gasteiger partial charge in [0.05, 0.1) is 6.61 Å². The van der Waals surface area contributed by atoms with E-state index in [-0.39, 0.29) is 5.82 Å². The van der Waals surface area contributed by atoms with Crippen LogP contribution in [0.2, 0.25) is 0 Å². The zero-order valence-corrected chi connectivity index (χ0v) is 8.66. The van der Waals surface area contributed by atoms with Gasteiger partial charge in [0.2, 0.25) is 0 Å². The SMILES string of the molecule is Nc1ccn([C@@H]2O[C@H](CO)C([18F])[C@@H]2F)c(=O)n1. The molecule has 1 aromatic rings. The van der Waals surface area contributed by atoms with Crippen LogP contribution >= 0.6 is 0 Å². The molecule has 0 radical (unpaired) electrons. The van der Waals surface area contributed by atoms with E-state index in [1.54, 1.807) is 0 Å². The minimum absolute atomic E-state index is 0.0184. The number of nitrogens with two attached hydrogens (primary N) is 1. The van der Waals surface area contributed by atoms with Gasteiger partial charge in [0, 0.05) is 6.20 Å². The lowest BCUT2D eigenvalue weighted by Crippen LogP contribution is -2.32. The molecule has 2 heterocycles. The van der Waals surface area contributed by atoms with Crippen molar-refractivity contribution in [3.05, 3.63) is 22.7 Å². The zero-order chi connectivity index (χ0) is 12.6. The number of halogens is 2. The minimum Gasteiger partial charge on any atom is -0.394 e. The number of hydrogen-bond donors (Lipinski definition) is 2. The smallest absolute Gasteiger partial charge is 0.351 e. The number of aliphatic hydroxyl groups excluding tert-OH is 1. The molecule has 0 aromatic carbocycles. The predicted molar refractivity (Wildman–Crippen MR) is 53.7 cm³/mol. The van der Waals surface area contributed by atoms with Gasteiger partial charge in [-0.25, -0.2) is 13.6 Å². The fraction of sp³-hybridized carbons (Fsp3) is 0.556. The molecule has 1 unspecified atom stereocenters. The number of nitrogen functional groups attached to an aromatic ring is 1. The van der Waals surface area contributed by atoms with Gasteiger partial charge in [0.1, 0.15) is 11.9 Å². The van der Waals surface area contributed by atoms with Crippen LogP contribution in [0.5, 0.6) is 0 Å². The van der Waals surface area contributed by atoms with Crippen LogP contribution in [-0.4, -0.2) is 39.7 Å². The van der Waals surface area contributed by atoms with Crippen LogP contribution in [0.1, 0.15) is 6.23 Å². The summed E-state index contributed by atoms with van der Waals surface area (Å²) in [6.07, 6.45) is -5.54. The Morgan fingerprint density at radius 1 is 1.53 bits per heavy atom. The quantitative estimate of drug-likeness (QED) is 0.726. The van der Waals surface area contributed by atoms with Crippen molar-refractivity contribution in [2.75, 3.05) is 12.3 Å². The average molecular weight is 246 g/mol. The summed E-state index contributed by atoms with van der Waals surface area (Å²) in [6.45, 7) is -0.658. The van der Waals surface area contributed by atoms with Crippen molar-refractivity contribution in [3.63, 3.8) is 0 Å². The Labute approximate surface area is 94.6 Å². The number of rotatable bonds is 2. The molecule has 2 rings (SSSR count). The molecule has 0 aliphatic carbocycles. The lowest BCUT2D eigenvalue weighted by Gasteiger charge is -2.15. The van der Waals surface area contributed by atoms with E-state index in [1.165, 1.54) is 12.3 Å². The molecule has 0 saturated carbocycles. The molecular weight excluding hydrogens is 235 g/mol. The molecule has 94 valence electrons. The number of aromatic nitrogens is 2. The first kappa shape index (κ1) is 11.9. The normalized spacial score (nSPS) is 32.9. The van der Waals surface area contributed by atoms with E-state index in [2.05, 4.69) is 4.98 Å². The fourth-order valence-electron chi connectivity index (χ4n) is 1.67. The highest BCUT2D eigenvalue weighted by Gasteiger charge is 2.46. The van der Waals surface area contributed by atoms with Crippen molar-refractivity contribution in [1.29, 1.82) is 0 Å². The second-order valence-electron chi connectivity index (χ2n) is 3.68. The molecular formula is C9H11F2N3O3. The molecule has 1 aliphatic heterocycles. The predicted octanol–water partition coefficient (Wildman–Crippen LogP) is -0.609. The summed E-state index contributed by atoms with van der Waals surface area (Å²) in [5.41, 5.74) is 4.44. The first-order valence-electron chi connectivity index (χ1n) is 4.93. The first-order chi connectivity index (χ1) is 8.04. The van der Waals surface area contributed by atoms with Gasteiger partial charge >= 0.3 is 5.69 Å². The van der Waals surface area contributed by atoms with Crippen molar-refractivity contribution in [3.8, 4) is 0 Å². The van der Waals surface area contributed by atoms with Crippen molar-refractivity contribution in [2.45, 2.75) is 24.7 Å². The number of hydrogen-bond acceptors (Lipinski definition) is 5. The Balaban J connectivity index is 2.32. The van der Waals surface area contributed by atoms with Crippen LogP contribution in [0.4, 0.5) is 14.6 Å². The summed E-state index contributed by atoms with van der Waals surface area (Å²) in [6, 6.07) is 1.27. The van der Waals surface area contributed by atoms with Crippen molar-refractivity contribution in [2.24, 2.45) is 0 Å². The number of ether oxygens (including phenoxy) is 1. The van der Waals surface area contributed by atoms with E-state index in [4.69, 9.17) is 15.6 Å². The highest BCUT2D eigenvalue weighted by atomic mass is 19.1. The van der Waals surface area contributed by atoms with Gasteiger partial charge in [0.15, 0.2) is 18.6 Å². The molecule has 6 nitrogen and oxygen atoms in total. The van der Waals surface area contributed by atoms with E-state index in [0.29, 0.717) is 0 Å². The minimum atomic E-state index is -2.03. The van der Waals surface area contributed by atoms with Gasteiger partial charge in [-0.15, -0.1) is 0 Å². The van der Waals surface area contributed by atoms with Gasteiger partial charge < -0.3 is 15.6 Å². The fourth-order valence-corrected chi connectivity index (χ4v) is 1.67. The zero-order valence-electron chi connectivity index (χ0n) is 8.66. The van der Waals surface area contributed by atoms with Crippen LogP contribution in [0.15, 0.2) is 17.1 Å². The van der Waals surface area contributed by atoms with E-state index in [0.717, 1.165) is 4.57 Å². The molecule has 17 heavy (non-hydrogen) atoms. The summed E-state index contributed by atoms with van der Waals surface area (Å²) in [5.74, 6) is -0.0184. The Kier molecular flexibility index (Phi) is 3.07. The van der Waals surface area contributed by atoms with Gasteiger partial charge in [0.25, 0.3) is 0 Å². The number of aliphatic hydroxyl groups is 1. The molecule has 4 atom stereocenters. The molecule has 0 spiro atoms. The molecule has 1 fully saturated rings. The highest BCUT2D eigenvalue weighted by molar-refractivity contribution is 5.23. The maximum absolute atomic E-state index is 13.6. The third-order valence-corrected chi connectivity index (χ3v) is 2.55. The standard InChI is InChI=1S/C9H11F2N3O3/c10-6-4(3-15)17-8(7(6)11)14-2-1-5(12)13-9(14)16/h1-2,4,6-8,15H,3H2,(H2,12,13,16)/t4-,6?,7+,8-/m1/s1/i10-1. The average Bonchev–Trinajstić information content (AvgIpc) is 2.57. The Morgan fingerprint density at radius 3 is 2.76 bits per heavy atom. The van der Waals surface area contributed by atoms with Crippen molar-refractivity contribution >= 4 is 5.82 Å². The third-order valence-electron chi connectivity index (χ3n) is 2.55. The van der Waals surface area contributed by atoms with Crippen molar-refractivity contribution < 1.29 is 18.6 Å². The lowest BCUT2D eigenvalue weighted by atomic mass is 10.2. The van der Waals surface area contributed by atoms with Crippen LogP contribution < -0.4 is 11.4 Å². The summed E-state index contributed by atoms with van der Waals surface area (Å²) >= 11 is 0. The Morgan fingerprint density at radius 2 is 2.24 bits per heavy atom. The largest absolute Gasteiger partial charge is 0.394 e. The van der Waals surface area contributed by atoms with Crippen LogP contribution in [0.25, 0.3) is 0 Å². The van der Waals surface area contributed by atoms with Crippen molar-refractivity contribution in [1.82, 2.24) is 9.55 Å². The van der Waals surface area contributed by atoms with Crippen LogP contribution in [0.3, 0.4) is 0 Å². The second-order valence-corrected chi connectivity index (χ2v) is 3.68. The van der Waals surface area contributed by atoms with E-state index < -0.39 is 37.0 Å². The van der Waals surface area contributed by atoms with Gasteiger partial charge in [-0.05, 0) is 6.07 Å². The Bertz CT molecular complexity index is 467. The van der Waals surface area contributed by atoms with Gasteiger partial charge in [-0.1, -0.05) is 0 Å². The number of anilines is 1. The molecule has 8 heteroatoms. The molecule has 0 amide bonds. The van der Waals surface area contributed by atoms with E-state index >= 15 is 0 Å². The maximum atomic E-state index is 13.6. The Hall–Kier alpha value is -1.54. The van der Waals surface area contributed by atoms with Gasteiger partial charge in [-0.2, -0.15) is 4.98 Å². The third kappa shape index (κ3) is 2.01. The van der Waals surface area contributed by atoms with E-state index in [1.807, 2.05) is 0 Å². The highest BCUT2D eigenvalue weighted by Crippen LogP contribution is 2.32.